The molecule has 0 saturated carbocycles. The minimum absolute atomic E-state index is 0.0175. The second-order valence-electron chi connectivity index (χ2n) is 8.55. The largest absolute Gasteiger partial charge is 0.340 e. The Bertz CT molecular complexity index is 1050. The van der Waals surface area contributed by atoms with Crippen molar-refractivity contribution in [2.45, 2.75) is 26.3 Å². The number of carbonyl (C=O) groups excluding carboxylic acids is 2. The Morgan fingerprint density at radius 2 is 1.84 bits per heavy atom. The molecular weight excluding hydrogens is 410 g/mol. The highest BCUT2D eigenvalue weighted by Gasteiger charge is 2.29. The van der Waals surface area contributed by atoms with E-state index in [0.717, 1.165) is 28.4 Å². The standard InChI is InChI=1S/C23H29N5O2S/c1-16(2)14-19(22(30)27-12-10-26(3)11-13-27)24-21(29)17-6-7-18-20(15-17)31-23(25-18)28-8-4-5-9-28/h4-9,15-16,19H,10-14H2,1-3H3,(H,24,29). The average Bonchev–Trinajstić information content (AvgIpc) is 3.42. The maximum absolute atomic E-state index is 13.1. The second-order valence-corrected chi connectivity index (χ2v) is 9.56. The topological polar surface area (TPSA) is 70.5 Å². The van der Waals surface area contributed by atoms with Crippen molar-refractivity contribution in [1.82, 2.24) is 24.7 Å². The van der Waals surface area contributed by atoms with E-state index in [2.05, 4.69) is 36.1 Å². The van der Waals surface area contributed by atoms with Crippen molar-refractivity contribution in [2.75, 3.05) is 33.2 Å². The molecule has 1 aliphatic heterocycles. The summed E-state index contributed by atoms with van der Waals surface area (Å²) in [6, 6.07) is 8.91. The number of amides is 2. The fourth-order valence-electron chi connectivity index (χ4n) is 3.81. The molecule has 1 atom stereocenters. The van der Waals surface area contributed by atoms with E-state index in [1.165, 1.54) is 11.3 Å². The summed E-state index contributed by atoms with van der Waals surface area (Å²) in [6.07, 6.45) is 4.52. The number of likely N-dealkylation sites (N-methyl/N-ethyl adjacent to an activating group) is 1. The van der Waals surface area contributed by atoms with Gasteiger partial charge in [0.15, 0.2) is 5.13 Å². The zero-order chi connectivity index (χ0) is 22.0. The Hall–Kier alpha value is -2.71. The quantitative estimate of drug-likeness (QED) is 0.641. The Morgan fingerprint density at radius 3 is 2.52 bits per heavy atom. The Balaban J connectivity index is 1.51. The molecule has 0 aliphatic carbocycles. The van der Waals surface area contributed by atoms with E-state index >= 15 is 0 Å². The van der Waals surface area contributed by atoms with Crippen LogP contribution in [0.2, 0.25) is 0 Å². The molecule has 8 heteroatoms. The summed E-state index contributed by atoms with van der Waals surface area (Å²) in [4.78, 5) is 34.9. The number of benzene rings is 1. The summed E-state index contributed by atoms with van der Waals surface area (Å²) in [5, 5.41) is 3.87. The van der Waals surface area contributed by atoms with Crippen LogP contribution in [0, 0.1) is 5.92 Å². The molecule has 1 fully saturated rings. The van der Waals surface area contributed by atoms with Crippen LogP contribution in [-0.4, -0.2) is 70.4 Å². The smallest absolute Gasteiger partial charge is 0.251 e. The van der Waals surface area contributed by atoms with Crippen molar-refractivity contribution in [1.29, 1.82) is 0 Å². The van der Waals surface area contributed by atoms with E-state index in [1.54, 1.807) is 6.07 Å². The molecule has 0 radical (unpaired) electrons. The van der Waals surface area contributed by atoms with Crippen molar-refractivity contribution in [3.8, 4) is 5.13 Å². The van der Waals surface area contributed by atoms with E-state index in [1.807, 2.05) is 46.1 Å². The Kier molecular flexibility index (Phi) is 6.38. The van der Waals surface area contributed by atoms with Crippen molar-refractivity contribution < 1.29 is 9.59 Å². The van der Waals surface area contributed by atoms with Crippen LogP contribution in [-0.2, 0) is 4.79 Å². The molecule has 164 valence electrons. The summed E-state index contributed by atoms with van der Waals surface area (Å²) in [7, 11) is 2.06. The van der Waals surface area contributed by atoms with Gasteiger partial charge in [0.05, 0.1) is 10.2 Å². The van der Waals surface area contributed by atoms with Crippen molar-refractivity contribution >= 4 is 33.4 Å². The van der Waals surface area contributed by atoms with Crippen LogP contribution < -0.4 is 5.32 Å². The maximum Gasteiger partial charge on any atom is 0.251 e. The van der Waals surface area contributed by atoms with Crippen LogP contribution in [0.25, 0.3) is 15.3 Å². The zero-order valence-electron chi connectivity index (χ0n) is 18.2. The first-order valence-electron chi connectivity index (χ1n) is 10.7. The molecule has 4 rings (SSSR count). The molecule has 0 spiro atoms. The number of nitrogens with zero attached hydrogens (tertiary/aromatic N) is 4. The number of hydrogen-bond acceptors (Lipinski definition) is 5. The first-order valence-corrected chi connectivity index (χ1v) is 11.5. The lowest BCUT2D eigenvalue weighted by atomic mass is 10.0. The Morgan fingerprint density at radius 1 is 1.13 bits per heavy atom. The summed E-state index contributed by atoms with van der Waals surface area (Å²) in [5.74, 6) is 0.102. The lowest BCUT2D eigenvalue weighted by molar-refractivity contribution is -0.135. The van der Waals surface area contributed by atoms with Gasteiger partial charge in [0.25, 0.3) is 5.91 Å². The van der Waals surface area contributed by atoms with Gasteiger partial charge in [-0.3, -0.25) is 9.59 Å². The molecule has 3 heterocycles. The molecule has 2 amide bonds. The average molecular weight is 440 g/mol. The number of nitrogens with one attached hydrogen (secondary N) is 1. The van der Waals surface area contributed by atoms with Gasteiger partial charge in [-0.1, -0.05) is 25.2 Å². The molecule has 1 aromatic carbocycles. The van der Waals surface area contributed by atoms with Gasteiger partial charge in [-0.05, 0) is 49.7 Å². The third kappa shape index (κ3) is 4.97. The van der Waals surface area contributed by atoms with Gasteiger partial charge in [-0.2, -0.15) is 0 Å². The number of thiazole rings is 1. The molecular formula is C23H29N5O2S. The molecule has 1 saturated heterocycles. The molecule has 1 N–H and O–H groups in total. The molecule has 0 bridgehead atoms. The third-order valence-corrected chi connectivity index (χ3v) is 6.62. The minimum Gasteiger partial charge on any atom is -0.340 e. The summed E-state index contributed by atoms with van der Waals surface area (Å²) >= 11 is 1.54. The predicted molar refractivity (Wildman–Crippen MR) is 124 cm³/mol. The number of fused-ring (bicyclic) bond motifs is 1. The summed E-state index contributed by atoms with van der Waals surface area (Å²) in [6.45, 7) is 7.27. The van der Waals surface area contributed by atoms with Gasteiger partial charge in [-0.25, -0.2) is 4.98 Å². The molecule has 1 unspecified atom stereocenters. The first-order chi connectivity index (χ1) is 14.9. The van der Waals surface area contributed by atoms with E-state index < -0.39 is 6.04 Å². The fraction of sp³-hybridized carbons (Fsp3) is 0.435. The summed E-state index contributed by atoms with van der Waals surface area (Å²) in [5.41, 5.74) is 1.41. The van der Waals surface area contributed by atoms with E-state index in [0.29, 0.717) is 31.0 Å². The number of piperazine rings is 1. The van der Waals surface area contributed by atoms with Crippen LogP contribution in [0.15, 0.2) is 42.7 Å². The normalized spacial score (nSPS) is 16.1. The lowest BCUT2D eigenvalue weighted by Gasteiger charge is -2.35. The van der Waals surface area contributed by atoms with Gasteiger partial charge in [-0.15, -0.1) is 0 Å². The molecule has 7 nitrogen and oxygen atoms in total. The van der Waals surface area contributed by atoms with Gasteiger partial charge in [0.2, 0.25) is 5.91 Å². The van der Waals surface area contributed by atoms with Crippen LogP contribution in [0.3, 0.4) is 0 Å². The Labute approximate surface area is 186 Å². The highest BCUT2D eigenvalue weighted by molar-refractivity contribution is 7.20. The third-order valence-electron chi connectivity index (χ3n) is 5.59. The minimum atomic E-state index is -0.511. The molecule has 2 aromatic heterocycles. The van der Waals surface area contributed by atoms with Gasteiger partial charge < -0.3 is 19.7 Å². The zero-order valence-corrected chi connectivity index (χ0v) is 19.1. The van der Waals surface area contributed by atoms with Gasteiger partial charge in [0, 0.05) is 44.1 Å². The monoisotopic (exact) mass is 439 g/mol. The number of aromatic nitrogens is 2. The highest BCUT2D eigenvalue weighted by atomic mass is 32.1. The molecule has 3 aromatic rings. The first kappa shape index (κ1) is 21.5. The van der Waals surface area contributed by atoms with Crippen LogP contribution >= 0.6 is 11.3 Å². The fourth-order valence-corrected chi connectivity index (χ4v) is 4.78. The van der Waals surface area contributed by atoms with Crippen molar-refractivity contribution in [3.63, 3.8) is 0 Å². The van der Waals surface area contributed by atoms with Crippen LogP contribution in [0.5, 0.6) is 0 Å². The SMILES string of the molecule is CC(C)CC(NC(=O)c1ccc2nc(-n3cccc3)sc2c1)C(=O)N1CCN(C)CC1. The van der Waals surface area contributed by atoms with E-state index in [4.69, 9.17) is 0 Å². The van der Waals surface area contributed by atoms with Crippen molar-refractivity contribution in [3.05, 3.63) is 48.3 Å². The number of carbonyl (C=O) groups is 2. The van der Waals surface area contributed by atoms with Crippen molar-refractivity contribution in [2.24, 2.45) is 5.92 Å². The van der Waals surface area contributed by atoms with Crippen LogP contribution in [0.4, 0.5) is 0 Å². The summed E-state index contributed by atoms with van der Waals surface area (Å²) < 4.78 is 2.90. The second kappa shape index (κ2) is 9.20. The predicted octanol–water partition coefficient (Wildman–Crippen LogP) is 3.01. The van der Waals surface area contributed by atoms with Gasteiger partial charge >= 0.3 is 0 Å². The number of rotatable bonds is 6. The molecule has 1 aliphatic rings. The number of hydrogen-bond donors (Lipinski definition) is 1. The molecule has 31 heavy (non-hydrogen) atoms. The van der Waals surface area contributed by atoms with Crippen LogP contribution in [0.1, 0.15) is 30.6 Å². The highest BCUT2D eigenvalue weighted by Crippen LogP contribution is 2.26. The van der Waals surface area contributed by atoms with Gasteiger partial charge in [0.1, 0.15) is 6.04 Å². The van der Waals surface area contributed by atoms with E-state index in [9.17, 15) is 9.59 Å². The maximum atomic E-state index is 13.1. The van der Waals surface area contributed by atoms with E-state index in [-0.39, 0.29) is 11.8 Å². The lowest BCUT2D eigenvalue weighted by Crippen LogP contribution is -2.54.